The average molecular weight is 370 g/mol. The second-order valence-corrected chi connectivity index (χ2v) is 6.86. The minimum Gasteiger partial charge on any atom is -0.294 e. The number of thioether (sulfide) groups is 1. The highest BCUT2D eigenvalue weighted by molar-refractivity contribution is 9.10. The van der Waals surface area contributed by atoms with Crippen molar-refractivity contribution in [1.29, 1.82) is 0 Å². The third kappa shape index (κ3) is 4.97. The van der Waals surface area contributed by atoms with Gasteiger partial charge in [-0.25, -0.2) is 0 Å². The summed E-state index contributed by atoms with van der Waals surface area (Å²) in [6.07, 6.45) is 1.46. The number of Topliss-reactive ketones (excluding diaryl/α,β-unsaturated/α-hetero) is 1. The van der Waals surface area contributed by atoms with Gasteiger partial charge in [-0.15, -0.1) is 11.8 Å². The first-order chi connectivity index (χ1) is 9.65. The molecule has 0 aliphatic rings. The Hall–Kier alpha value is -0.770. The summed E-state index contributed by atoms with van der Waals surface area (Å²) < 4.78 is 0.993. The van der Waals surface area contributed by atoms with Crippen LogP contribution in [0.25, 0.3) is 0 Å². The number of hydrogen-bond donors (Lipinski definition) is 0. The Bertz CT molecular complexity index is 566. The molecule has 0 radical (unpaired) electrons. The second kappa shape index (κ2) is 7.87. The molecule has 0 aliphatic heterocycles. The lowest BCUT2D eigenvalue weighted by atomic mass is 10.1. The lowest BCUT2D eigenvalue weighted by Crippen LogP contribution is -1.99. The molecule has 0 bridgehead atoms. The van der Waals surface area contributed by atoms with E-state index in [1.807, 2.05) is 48.5 Å². The van der Waals surface area contributed by atoms with E-state index in [2.05, 4.69) is 15.9 Å². The fourth-order valence-corrected chi connectivity index (χ4v) is 2.98. The smallest absolute Gasteiger partial charge is 0.162 e. The van der Waals surface area contributed by atoms with Crippen LogP contribution < -0.4 is 0 Å². The number of benzene rings is 2. The molecule has 2 aromatic rings. The van der Waals surface area contributed by atoms with Crippen molar-refractivity contribution >= 4 is 45.1 Å². The van der Waals surface area contributed by atoms with E-state index in [-0.39, 0.29) is 5.78 Å². The summed E-state index contributed by atoms with van der Waals surface area (Å²) in [6.45, 7) is 0. The Labute approximate surface area is 136 Å². The number of rotatable bonds is 6. The van der Waals surface area contributed by atoms with Crippen LogP contribution in [-0.2, 0) is 0 Å². The van der Waals surface area contributed by atoms with E-state index in [4.69, 9.17) is 11.6 Å². The van der Waals surface area contributed by atoms with Crippen molar-refractivity contribution in [3.63, 3.8) is 0 Å². The van der Waals surface area contributed by atoms with Gasteiger partial charge in [0.1, 0.15) is 0 Å². The minimum atomic E-state index is 0.203. The van der Waals surface area contributed by atoms with E-state index in [1.165, 1.54) is 4.90 Å². The molecule has 104 valence electrons. The van der Waals surface area contributed by atoms with Gasteiger partial charge in [-0.05, 0) is 48.6 Å². The normalized spacial score (nSPS) is 10.5. The van der Waals surface area contributed by atoms with Gasteiger partial charge in [0.15, 0.2) is 5.78 Å². The van der Waals surface area contributed by atoms with Gasteiger partial charge >= 0.3 is 0 Å². The van der Waals surface area contributed by atoms with Crippen LogP contribution >= 0.6 is 39.3 Å². The van der Waals surface area contributed by atoms with Gasteiger partial charge in [-0.1, -0.05) is 39.7 Å². The zero-order valence-electron chi connectivity index (χ0n) is 10.8. The zero-order valence-corrected chi connectivity index (χ0v) is 14.0. The fourth-order valence-electron chi connectivity index (χ4n) is 1.73. The standard InChI is InChI=1S/C16H14BrClOS/c17-13-5-3-12(4-6-13)16(19)2-1-11-20-15-9-7-14(18)8-10-15/h3-10H,1-2,11H2. The third-order valence-electron chi connectivity index (χ3n) is 2.80. The van der Waals surface area contributed by atoms with Crippen LogP contribution in [0.2, 0.25) is 5.02 Å². The first-order valence-corrected chi connectivity index (χ1v) is 8.48. The summed E-state index contributed by atoms with van der Waals surface area (Å²) in [5.74, 6) is 1.14. The van der Waals surface area contributed by atoms with E-state index < -0.39 is 0 Å². The molecule has 0 saturated heterocycles. The predicted octanol–water partition coefficient (Wildman–Crippen LogP) is 5.86. The number of ketones is 1. The highest BCUT2D eigenvalue weighted by Crippen LogP contribution is 2.22. The molecule has 0 aliphatic carbocycles. The quantitative estimate of drug-likeness (QED) is 0.360. The highest BCUT2D eigenvalue weighted by Gasteiger charge is 2.05. The topological polar surface area (TPSA) is 17.1 Å². The molecule has 1 nitrogen and oxygen atoms in total. The van der Waals surface area contributed by atoms with E-state index in [0.717, 1.165) is 27.2 Å². The van der Waals surface area contributed by atoms with Crippen LogP contribution in [0.4, 0.5) is 0 Å². The molecule has 20 heavy (non-hydrogen) atoms. The maximum Gasteiger partial charge on any atom is 0.162 e. The molecule has 0 spiro atoms. The Morgan fingerprint density at radius 1 is 1.05 bits per heavy atom. The minimum absolute atomic E-state index is 0.203. The summed E-state index contributed by atoms with van der Waals surface area (Å²) in [7, 11) is 0. The van der Waals surface area contributed by atoms with Gasteiger partial charge in [0.05, 0.1) is 0 Å². The van der Waals surface area contributed by atoms with Gasteiger partial charge in [-0.3, -0.25) is 4.79 Å². The largest absolute Gasteiger partial charge is 0.294 e. The third-order valence-corrected chi connectivity index (χ3v) is 4.68. The lowest BCUT2D eigenvalue weighted by molar-refractivity contribution is 0.0982. The van der Waals surface area contributed by atoms with E-state index in [9.17, 15) is 4.79 Å². The molecule has 4 heteroatoms. The molecule has 0 atom stereocenters. The van der Waals surface area contributed by atoms with Crippen molar-refractivity contribution in [3.05, 3.63) is 63.6 Å². The SMILES string of the molecule is O=C(CCCSc1ccc(Cl)cc1)c1ccc(Br)cc1. The molecule has 0 aromatic heterocycles. The molecular formula is C16H14BrClOS. The lowest BCUT2D eigenvalue weighted by Gasteiger charge is -2.03. The van der Waals surface area contributed by atoms with Crippen LogP contribution in [0.3, 0.4) is 0 Å². The molecule has 2 rings (SSSR count). The summed E-state index contributed by atoms with van der Waals surface area (Å²) in [5, 5.41) is 0.750. The Morgan fingerprint density at radius 2 is 1.70 bits per heavy atom. The van der Waals surface area contributed by atoms with E-state index >= 15 is 0 Å². The zero-order chi connectivity index (χ0) is 14.4. The summed E-state index contributed by atoms with van der Waals surface area (Å²) in [5.41, 5.74) is 0.782. The molecular weight excluding hydrogens is 356 g/mol. The van der Waals surface area contributed by atoms with Crippen molar-refractivity contribution in [2.24, 2.45) is 0 Å². The first-order valence-electron chi connectivity index (χ1n) is 6.32. The van der Waals surface area contributed by atoms with Crippen molar-refractivity contribution in [3.8, 4) is 0 Å². The fraction of sp³-hybridized carbons (Fsp3) is 0.188. The maximum atomic E-state index is 12.0. The molecule has 0 N–H and O–H groups in total. The number of hydrogen-bond acceptors (Lipinski definition) is 2. The average Bonchev–Trinajstić information content (AvgIpc) is 2.46. The molecule has 0 saturated carbocycles. The van der Waals surface area contributed by atoms with E-state index in [0.29, 0.717) is 6.42 Å². The highest BCUT2D eigenvalue weighted by atomic mass is 79.9. The Morgan fingerprint density at radius 3 is 2.35 bits per heavy atom. The molecule has 0 fully saturated rings. The van der Waals surface area contributed by atoms with Gasteiger partial charge in [0, 0.05) is 26.4 Å². The van der Waals surface area contributed by atoms with Crippen molar-refractivity contribution in [2.75, 3.05) is 5.75 Å². The summed E-state index contributed by atoms with van der Waals surface area (Å²) in [4.78, 5) is 13.2. The van der Waals surface area contributed by atoms with Crippen LogP contribution in [0, 0.1) is 0 Å². The van der Waals surface area contributed by atoms with Crippen LogP contribution in [0.15, 0.2) is 57.9 Å². The van der Waals surface area contributed by atoms with Gasteiger partial charge < -0.3 is 0 Å². The summed E-state index contributed by atoms with van der Waals surface area (Å²) in [6, 6.07) is 15.3. The predicted molar refractivity (Wildman–Crippen MR) is 89.9 cm³/mol. The number of halogens is 2. The number of carbonyl (C=O) groups excluding carboxylic acids is 1. The first kappa shape index (κ1) is 15.6. The molecule has 0 amide bonds. The monoisotopic (exact) mass is 368 g/mol. The molecule has 2 aromatic carbocycles. The second-order valence-electron chi connectivity index (χ2n) is 4.34. The van der Waals surface area contributed by atoms with E-state index in [1.54, 1.807) is 11.8 Å². The summed E-state index contributed by atoms with van der Waals surface area (Å²) >= 11 is 11.0. The van der Waals surface area contributed by atoms with Gasteiger partial charge in [0.2, 0.25) is 0 Å². The van der Waals surface area contributed by atoms with Crippen LogP contribution in [0.5, 0.6) is 0 Å². The molecule has 0 unspecified atom stereocenters. The number of carbonyl (C=O) groups is 1. The van der Waals surface area contributed by atoms with Crippen LogP contribution in [0.1, 0.15) is 23.2 Å². The van der Waals surface area contributed by atoms with Gasteiger partial charge in [-0.2, -0.15) is 0 Å². The molecule has 0 heterocycles. The van der Waals surface area contributed by atoms with Gasteiger partial charge in [0.25, 0.3) is 0 Å². The van der Waals surface area contributed by atoms with Crippen molar-refractivity contribution in [2.45, 2.75) is 17.7 Å². The Kier molecular flexibility index (Phi) is 6.14. The van der Waals surface area contributed by atoms with Crippen molar-refractivity contribution < 1.29 is 4.79 Å². The van der Waals surface area contributed by atoms with Crippen LogP contribution in [-0.4, -0.2) is 11.5 Å². The van der Waals surface area contributed by atoms with Crippen molar-refractivity contribution in [1.82, 2.24) is 0 Å². The maximum absolute atomic E-state index is 12.0. The Balaban J connectivity index is 1.74.